The van der Waals surface area contributed by atoms with Gasteiger partial charge in [0.1, 0.15) is 5.82 Å². The first-order chi connectivity index (χ1) is 6.09. The summed E-state index contributed by atoms with van der Waals surface area (Å²) in [6.07, 6.45) is 0. The van der Waals surface area contributed by atoms with Gasteiger partial charge in [-0.05, 0) is 22.7 Å². The van der Waals surface area contributed by atoms with E-state index in [2.05, 4.69) is 22.5 Å². The van der Waals surface area contributed by atoms with E-state index in [4.69, 9.17) is 5.73 Å². The fraction of sp³-hybridized carbons (Fsp3) is 0.111. The van der Waals surface area contributed by atoms with Crippen molar-refractivity contribution in [2.45, 2.75) is 4.90 Å². The minimum atomic E-state index is -0.306. The number of hydrogen-bond acceptors (Lipinski definition) is 2. The summed E-state index contributed by atoms with van der Waals surface area (Å²) in [5.74, 6) is 0.426. The van der Waals surface area contributed by atoms with Gasteiger partial charge in [-0.2, -0.15) is 0 Å². The molecule has 0 unspecified atom stereocenters. The van der Waals surface area contributed by atoms with Crippen molar-refractivity contribution in [3.63, 3.8) is 0 Å². The highest BCUT2D eigenvalue weighted by Gasteiger charge is 2.01. The summed E-state index contributed by atoms with van der Waals surface area (Å²) in [6.45, 7) is 3.70. The molecule has 1 aromatic rings. The Bertz CT molecular complexity index is 327. The molecule has 4 heteroatoms. The largest absolute Gasteiger partial charge is 0.398 e. The highest BCUT2D eigenvalue weighted by atomic mass is 79.9. The number of benzene rings is 1. The van der Waals surface area contributed by atoms with Gasteiger partial charge in [0.15, 0.2) is 0 Å². The van der Waals surface area contributed by atoms with Crippen LogP contribution in [0.2, 0.25) is 0 Å². The molecule has 0 aromatic heterocycles. The maximum atomic E-state index is 12.6. The zero-order chi connectivity index (χ0) is 9.84. The van der Waals surface area contributed by atoms with E-state index in [1.807, 2.05) is 0 Å². The van der Waals surface area contributed by atoms with Crippen molar-refractivity contribution in [3.05, 3.63) is 35.1 Å². The van der Waals surface area contributed by atoms with Crippen molar-refractivity contribution in [3.8, 4) is 0 Å². The molecular weight excluding hydrogens is 253 g/mol. The summed E-state index contributed by atoms with van der Waals surface area (Å²) < 4.78 is 13.5. The molecule has 0 aliphatic heterocycles. The molecule has 0 fully saturated rings. The molecule has 0 bridgehead atoms. The van der Waals surface area contributed by atoms with Crippen LogP contribution in [-0.2, 0) is 0 Å². The van der Waals surface area contributed by atoms with Crippen LogP contribution in [0.3, 0.4) is 0 Å². The lowest BCUT2D eigenvalue weighted by molar-refractivity contribution is 0.627. The number of nitrogens with two attached hydrogens (primary N) is 1. The lowest BCUT2D eigenvalue weighted by atomic mass is 10.3. The van der Waals surface area contributed by atoms with Crippen LogP contribution < -0.4 is 5.73 Å². The van der Waals surface area contributed by atoms with Crippen molar-refractivity contribution in [1.82, 2.24) is 0 Å². The second-order valence-electron chi connectivity index (χ2n) is 2.49. The summed E-state index contributed by atoms with van der Waals surface area (Å²) in [4.78, 5) is 0.877. The fourth-order valence-corrected chi connectivity index (χ4v) is 1.85. The second-order valence-corrected chi connectivity index (χ2v) is 4.63. The lowest BCUT2D eigenvalue weighted by Gasteiger charge is -2.03. The number of hydrogen-bond donors (Lipinski definition) is 1. The molecule has 0 saturated heterocycles. The number of halogens is 2. The quantitative estimate of drug-likeness (QED) is 0.667. The molecule has 2 N–H and O–H groups in total. The van der Waals surface area contributed by atoms with E-state index in [9.17, 15) is 4.39 Å². The highest BCUT2D eigenvalue weighted by Crippen LogP contribution is 2.27. The molecule has 0 saturated carbocycles. The molecule has 0 atom stereocenters. The summed E-state index contributed by atoms with van der Waals surface area (Å²) in [5.41, 5.74) is 6.07. The van der Waals surface area contributed by atoms with Crippen LogP contribution in [0.25, 0.3) is 0 Å². The van der Waals surface area contributed by atoms with E-state index >= 15 is 0 Å². The first-order valence-electron chi connectivity index (χ1n) is 3.60. The van der Waals surface area contributed by atoms with Crippen molar-refractivity contribution < 1.29 is 4.39 Å². The Morgan fingerprint density at radius 1 is 1.62 bits per heavy atom. The van der Waals surface area contributed by atoms with Gasteiger partial charge in [0.2, 0.25) is 0 Å². The Morgan fingerprint density at radius 2 is 2.31 bits per heavy atom. The normalized spacial score (nSPS) is 10.0. The average molecular weight is 262 g/mol. The topological polar surface area (TPSA) is 26.0 Å². The molecule has 1 rings (SSSR count). The summed E-state index contributed by atoms with van der Waals surface area (Å²) in [7, 11) is 0. The Kier molecular flexibility index (Phi) is 3.81. The first kappa shape index (κ1) is 10.6. The van der Waals surface area contributed by atoms with Gasteiger partial charge in [0.05, 0.1) is 0 Å². The molecular formula is C9H9BrFNS. The third kappa shape index (κ3) is 3.40. The SMILES string of the molecule is C=C(Br)CSc1ccc(F)cc1N. The third-order valence-electron chi connectivity index (χ3n) is 1.36. The van der Waals surface area contributed by atoms with Crippen LogP contribution in [0.1, 0.15) is 0 Å². The van der Waals surface area contributed by atoms with Gasteiger partial charge < -0.3 is 5.73 Å². The minimum Gasteiger partial charge on any atom is -0.398 e. The van der Waals surface area contributed by atoms with E-state index < -0.39 is 0 Å². The van der Waals surface area contributed by atoms with Crippen molar-refractivity contribution in [2.75, 3.05) is 11.5 Å². The zero-order valence-corrected chi connectivity index (χ0v) is 9.29. The Morgan fingerprint density at radius 3 is 2.85 bits per heavy atom. The smallest absolute Gasteiger partial charge is 0.125 e. The van der Waals surface area contributed by atoms with Gasteiger partial charge >= 0.3 is 0 Å². The number of thioether (sulfide) groups is 1. The maximum absolute atomic E-state index is 12.6. The van der Waals surface area contributed by atoms with Crippen molar-refractivity contribution in [2.24, 2.45) is 0 Å². The van der Waals surface area contributed by atoms with Crippen LogP contribution in [0.4, 0.5) is 10.1 Å². The summed E-state index contributed by atoms with van der Waals surface area (Å²) >= 11 is 4.77. The summed E-state index contributed by atoms with van der Waals surface area (Å²) in [5, 5.41) is 0. The van der Waals surface area contributed by atoms with E-state index in [-0.39, 0.29) is 5.82 Å². The maximum Gasteiger partial charge on any atom is 0.125 e. The molecule has 1 aromatic carbocycles. The molecule has 0 amide bonds. The molecule has 13 heavy (non-hydrogen) atoms. The minimum absolute atomic E-state index is 0.306. The van der Waals surface area contributed by atoms with Gasteiger partial charge in [-0.1, -0.05) is 22.5 Å². The number of nitrogen functional groups attached to an aromatic ring is 1. The first-order valence-corrected chi connectivity index (χ1v) is 5.38. The molecule has 0 radical (unpaired) electrons. The van der Waals surface area contributed by atoms with E-state index in [0.717, 1.165) is 15.1 Å². The fourth-order valence-electron chi connectivity index (χ4n) is 0.807. The lowest BCUT2D eigenvalue weighted by Crippen LogP contribution is -1.90. The van der Waals surface area contributed by atoms with Gasteiger partial charge in [-0.15, -0.1) is 11.8 Å². The van der Waals surface area contributed by atoms with E-state index in [0.29, 0.717) is 5.69 Å². The van der Waals surface area contributed by atoms with Gasteiger partial charge in [0, 0.05) is 16.3 Å². The standard InChI is InChI=1S/C9H9BrFNS/c1-6(10)5-13-9-3-2-7(11)4-8(9)12/h2-4H,1,5,12H2. The highest BCUT2D eigenvalue weighted by molar-refractivity contribution is 9.11. The van der Waals surface area contributed by atoms with Crippen molar-refractivity contribution in [1.29, 1.82) is 0 Å². The zero-order valence-electron chi connectivity index (χ0n) is 6.89. The molecule has 0 spiro atoms. The van der Waals surface area contributed by atoms with Crippen LogP contribution in [0, 0.1) is 5.82 Å². The van der Waals surface area contributed by atoms with Crippen LogP contribution >= 0.6 is 27.7 Å². The molecule has 0 aliphatic rings. The van der Waals surface area contributed by atoms with Crippen LogP contribution in [-0.4, -0.2) is 5.75 Å². The van der Waals surface area contributed by atoms with Gasteiger partial charge in [-0.3, -0.25) is 0 Å². The monoisotopic (exact) mass is 261 g/mol. The number of rotatable bonds is 3. The second kappa shape index (κ2) is 4.67. The Hall–Kier alpha value is -0.480. The number of anilines is 1. The summed E-state index contributed by atoms with van der Waals surface area (Å²) in [6, 6.07) is 4.39. The third-order valence-corrected chi connectivity index (χ3v) is 3.18. The van der Waals surface area contributed by atoms with Crippen LogP contribution in [0.5, 0.6) is 0 Å². The van der Waals surface area contributed by atoms with Crippen molar-refractivity contribution >= 4 is 33.4 Å². The predicted molar refractivity (Wildman–Crippen MR) is 59.6 cm³/mol. The van der Waals surface area contributed by atoms with E-state index in [1.165, 1.54) is 23.9 Å². The molecule has 0 aliphatic carbocycles. The predicted octanol–water partition coefficient (Wildman–Crippen LogP) is 3.41. The Balaban J connectivity index is 2.72. The Labute approximate surface area is 89.3 Å². The average Bonchev–Trinajstić information content (AvgIpc) is 2.02. The molecule has 0 heterocycles. The van der Waals surface area contributed by atoms with Gasteiger partial charge in [-0.25, -0.2) is 4.39 Å². The van der Waals surface area contributed by atoms with E-state index in [1.54, 1.807) is 6.07 Å². The molecule has 70 valence electrons. The molecule has 1 nitrogen and oxygen atoms in total. The van der Waals surface area contributed by atoms with Crippen LogP contribution in [0.15, 0.2) is 34.2 Å². The van der Waals surface area contributed by atoms with Gasteiger partial charge in [0.25, 0.3) is 0 Å².